The summed E-state index contributed by atoms with van der Waals surface area (Å²) in [6, 6.07) is 14.1. The SMILES string of the molecule is Cc1ncsc1-c1ccc(CNC(=O)[C@@H]2C[C@@H](O)CN2C(=O)[C@@H](NC(=O)COCCCCOCCCOc2ccc(N3CC(=O)N(c4ccc(C#N)c(C(F)(F)F)c4)C3=S)cc2F)C(C)(C)C)cc1. The third-order valence-corrected chi connectivity index (χ3v) is 12.7. The van der Waals surface area contributed by atoms with Crippen molar-refractivity contribution < 1.29 is 56.1 Å². The smallest absolute Gasteiger partial charge is 0.417 e. The van der Waals surface area contributed by atoms with Crippen molar-refractivity contribution in [2.75, 3.05) is 55.9 Å². The number of anilines is 2. The Labute approximate surface area is 406 Å². The number of aliphatic hydroxyl groups excluding tert-OH is 1. The quantitative estimate of drug-likeness (QED) is 0.0486. The zero-order valence-corrected chi connectivity index (χ0v) is 40.1. The van der Waals surface area contributed by atoms with Crippen molar-refractivity contribution in [3.63, 3.8) is 0 Å². The topological polar surface area (TPSA) is 187 Å². The minimum atomic E-state index is -4.84. The number of aromatic nitrogens is 1. The van der Waals surface area contributed by atoms with Crippen LogP contribution in [0.5, 0.6) is 5.75 Å². The lowest BCUT2D eigenvalue weighted by Crippen LogP contribution is -2.58. The Balaban J connectivity index is 0.861. The summed E-state index contributed by atoms with van der Waals surface area (Å²) in [6.07, 6.45) is -4.04. The molecular formula is C48H53F4N7O8S2. The van der Waals surface area contributed by atoms with Gasteiger partial charge >= 0.3 is 6.18 Å². The highest BCUT2D eigenvalue weighted by Crippen LogP contribution is 2.37. The number of amides is 4. The summed E-state index contributed by atoms with van der Waals surface area (Å²) in [5, 5.41) is 25.1. The Morgan fingerprint density at radius 2 is 1.68 bits per heavy atom. The van der Waals surface area contributed by atoms with Gasteiger partial charge in [0.1, 0.15) is 25.2 Å². The molecule has 15 nitrogen and oxygen atoms in total. The number of hydrogen-bond acceptors (Lipinski definition) is 12. The molecule has 4 amide bonds. The van der Waals surface area contributed by atoms with Crippen LogP contribution >= 0.6 is 23.6 Å². The number of hydrogen-bond donors (Lipinski definition) is 3. The predicted octanol–water partition coefficient (Wildman–Crippen LogP) is 6.68. The number of halogens is 4. The average molecular weight is 996 g/mol. The number of carbonyl (C=O) groups is 4. The van der Waals surface area contributed by atoms with Gasteiger partial charge < -0.3 is 39.8 Å². The molecule has 0 radical (unpaired) electrons. The number of rotatable bonds is 20. The van der Waals surface area contributed by atoms with Crippen molar-refractivity contribution in [3.05, 3.63) is 94.4 Å². The average Bonchev–Trinajstić information content (AvgIpc) is 4.01. The molecule has 3 aromatic carbocycles. The molecule has 6 rings (SSSR count). The molecule has 69 heavy (non-hydrogen) atoms. The highest BCUT2D eigenvalue weighted by Gasteiger charge is 2.45. The largest absolute Gasteiger partial charge is 0.490 e. The summed E-state index contributed by atoms with van der Waals surface area (Å²) in [5.41, 5.74) is 2.11. The van der Waals surface area contributed by atoms with E-state index in [0.717, 1.165) is 38.7 Å². The number of thiocarbonyl (C=S) groups is 1. The number of aryl methyl sites for hydroxylation is 1. The number of ether oxygens (including phenoxy) is 3. The lowest BCUT2D eigenvalue weighted by Gasteiger charge is -2.35. The second-order valence-electron chi connectivity index (χ2n) is 17.6. The molecule has 3 N–H and O–H groups in total. The van der Waals surface area contributed by atoms with Crippen LogP contribution in [-0.2, 0) is 41.4 Å². The van der Waals surface area contributed by atoms with Gasteiger partial charge in [-0.15, -0.1) is 11.3 Å². The first-order valence-corrected chi connectivity index (χ1v) is 23.4. The molecule has 4 aromatic rings. The van der Waals surface area contributed by atoms with E-state index in [1.807, 2.05) is 31.2 Å². The van der Waals surface area contributed by atoms with E-state index in [1.165, 1.54) is 34.1 Å². The number of likely N-dealkylation sites (tertiary alicyclic amines) is 1. The molecule has 2 fully saturated rings. The maximum Gasteiger partial charge on any atom is 0.417 e. The predicted molar refractivity (Wildman–Crippen MR) is 253 cm³/mol. The molecule has 0 saturated carbocycles. The number of alkyl halides is 3. The Kier molecular flexibility index (Phi) is 17.5. The Morgan fingerprint density at radius 3 is 2.33 bits per heavy atom. The fraction of sp³-hybridized carbons (Fsp3) is 0.438. The van der Waals surface area contributed by atoms with Crippen LogP contribution in [0.3, 0.4) is 0 Å². The molecule has 3 atom stereocenters. The van der Waals surface area contributed by atoms with Gasteiger partial charge in [-0.3, -0.25) is 24.1 Å². The van der Waals surface area contributed by atoms with Gasteiger partial charge in [-0.2, -0.15) is 18.4 Å². The van der Waals surface area contributed by atoms with E-state index in [9.17, 15) is 37.5 Å². The van der Waals surface area contributed by atoms with Gasteiger partial charge in [-0.1, -0.05) is 45.0 Å². The van der Waals surface area contributed by atoms with E-state index in [2.05, 4.69) is 15.6 Å². The molecule has 21 heteroatoms. The first-order chi connectivity index (χ1) is 32.8. The van der Waals surface area contributed by atoms with Gasteiger partial charge in [0.2, 0.25) is 17.7 Å². The molecule has 2 aliphatic rings. The highest BCUT2D eigenvalue weighted by atomic mass is 32.1. The van der Waals surface area contributed by atoms with E-state index < -0.39 is 70.4 Å². The van der Waals surface area contributed by atoms with Crippen LogP contribution in [0.1, 0.15) is 68.8 Å². The molecule has 0 aliphatic carbocycles. The zero-order chi connectivity index (χ0) is 50.0. The molecule has 2 aliphatic heterocycles. The number of unbranched alkanes of at least 4 members (excludes halogenated alkanes) is 1. The number of benzene rings is 3. The van der Waals surface area contributed by atoms with Crippen molar-refractivity contribution in [2.24, 2.45) is 5.41 Å². The first-order valence-electron chi connectivity index (χ1n) is 22.2. The third kappa shape index (κ3) is 13.4. The lowest BCUT2D eigenvalue weighted by molar-refractivity contribution is -0.144. The molecule has 0 bridgehead atoms. The summed E-state index contributed by atoms with van der Waals surface area (Å²) < 4.78 is 72.5. The van der Waals surface area contributed by atoms with Crippen LogP contribution in [0.15, 0.2) is 66.2 Å². The van der Waals surface area contributed by atoms with Crippen molar-refractivity contribution in [1.29, 1.82) is 5.26 Å². The number of aliphatic hydroxyl groups is 1. The minimum absolute atomic E-state index is 0.0468. The van der Waals surface area contributed by atoms with Crippen LogP contribution in [0.4, 0.5) is 28.9 Å². The van der Waals surface area contributed by atoms with E-state index in [1.54, 1.807) is 37.6 Å². The molecule has 1 aromatic heterocycles. The van der Waals surface area contributed by atoms with Crippen LogP contribution in [-0.4, -0.2) is 108 Å². The molecular weight excluding hydrogens is 943 g/mol. The van der Waals surface area contributed by atoms with E-state index in [4.69, 9.17) is 31.7 Å². The van der Waals surface area contributed by atoms with E-state index in [0.29, 0.717) is 38.5 Å². The van der Waals surface area contributed by atoms with Crippen molar-refractivity contribution in [1.82, 2.24) is 20.5 Å². The van der Waals surface area contributed by atoms with E-state index in [-0.39, 0.29) is 68.1 Å². The Bertz CT molecular complexity index is 2550. The molecule has 0 unspecified atom stereocenters. The van der Waals surface area contributed by atoms with Crippen molar-refractivity contribution >= 4 is 63.7 Å². The minimum Gasteiger partial charge on any atom is -0.490 e. The number of β-amino-alcohol motifs (C(OH)–C–C–N with tert-alkyl or cyclic N) is 1. The summed E-state index contributed by atoms with van der Waals surface area (Å²) >= 11 is 6.94. The lowest BCUT2D eigenvalue weighted by atomic mass is 9.85. The molecule has 0 spiro atoms. The van der Waals surface area contributed by atoms with Gasteiger partial charge in [0.15, 0.2) is 16.7 Å². The van der Waals surface area contributed by atoms with Crippen LogP contribution < -0.4 is 25.2 Å². The van der Waals surface area contributed by atoms with Crippen LogP contribution in [0.2, 0.25) is 0 Å². The summed E-state index contributed by atoms with van der Waals surface area (Å²) in [6.45, 7) is 7.97. The normalized spacial score (nSPS) is 16.7. The van der Waals surface area contributed by atoms with Crippen molar-refractivity contribution in [3.8, 4) is 22.3 Å². The highest BCUT2D eigenvalue weighted by molar-refractivity contribution is 7.81. The molecule has 2 saturated heterocycles. The molecule has 3 heterocycles. The van der Waals surface area contributed by atoms with Crippen LogP contribution in [0, 0.1) is 29.5 Å². The Morgan fingerprint density at radius 1 is 0.986 bits per heavy atom. The number of thiazole rings is 1. The zero-order valence-electron chi connectivity index (χ0n) is 38.4. The second-order valence-corrected chi connectivity index (χ2v) is 18.8. The van der Waals surface area contributed by atoms with Gasteiger partial charge in [0.05, 0.1) is 51.7 Å². The number of nitriles is 1. The summed E-state index contributed by atoms with van der Waals surface area (Å²) in [4.78, 5) is 62.1. The van der Waals surface area contributed by atoms with Gasteiger partial charge in [-0.05, 0) is 78.9 Å². The number of nitrogens with one attached hydrogen (secondary N) is 2. The van der Waals surface area contributed by atoms with Crippen LogP contribution in [0.25, 0.3) is 10.4 Å². The number of nitrogens with zero attached hydrogens (tertiary/aromatic N) is 5. The number of carbonyl (C=O) groups excluding carboxylic acids is 4. The fourth-order valence-electron chi connectivity index (χ4n) is 7.74. The van der Waals surface area contributed by atoms with E-state index >= 15 is 4.39 Å². The maximum atomic E-state index is 15.1. The Hall–Kier alpha value is -6.05. The molecule has 368 valence electrons. The third-order valence-electron chi connectivity index (χ3n) is 11.3. The first kappa shape index (κ1) is 52.3. The fourth-order valence-corrected chi connectivity index (χ4v) is 8.93. The van der Waals surface area contributed by atoms with Gasteiger partial charge in [0, 0.05) is 57.5 Å². The standard InChI is InChI=1S/C48H53F4N7O8S2/c1-29-42(69-28-55-29)31-10-8-30(9-11-31)24-54-44(63)38-22-35(60)25-58(38)45(64)43(47(2,3)4)56-40(61)27-66-17-6-5-16-65-18-7-19-67-39-15-14-33(21-37(39)49)57-26-41(62)59(46(57)68)34-13-12-32(23-53)36(20-34)48(50,51)52/h8-15,20-21,28,35,38,43,60H,5-7,16-19,22,24-27H2,1-4H3,(H,54,63)(H,56,61)/t35-,38+,43-/m1/s1. The maximum absolute atomic E-state index is 15.1. The van der Waals surface area contributed by atoms with Crippen molar-refractivity contribution in [2.45, 2.75) is 84.3 Å². The summed E-state index contributed by atoms with van der Waals surface area (Å²) in [5.74, 6) is -2.82. The van der Waals surface area contributed by atoms with Gasteiger partial charge in [-0.25, -0.2) is 9.37 Å². The summed E-state index contributed by atoms with van der Waals surface area (Å²) in [7, 11) is 0. The monoisotopic (exact) mass is 995 g/mol. The van der Waals surface area contributed by atoms with Gasteiger partial charge in [0.25, 0.3) is 5.91 Å². The second kappa shape index (κ2) is 23.0.